The first kappa shape index (κ1) is 13.3. The number of amides is 1. The van der Waals surface area contributed by atoms with Crippen molar-refractivity contribution in [2.24, 2.45) is 5.73 Å². The van der Waals surface area contributed by atoms with Gasteiger partial charge in [0.1, 0.15) is 19.2 Å². The summed E-state index contributed by atoms with van der Waals surface area (Å²) < 4.78 is 1.47. The Bertz CT molecular complexity index is 593. The molecule has 1 amide bonds. The van der Waals surface area contributed by atoms with E-state index in [9.17, 15) is 4.79 Å². The van der Waals surface area contributed by atoms with Crippen molar-refractivity contribution in [2.45, 2.75) is 13.1 Å². The van der Waals surface area contributed by atoms with E-state index < -0.39 is 0 Å². The molecule has 0 spiro atoms. The topological polar surface area (TPSA) is 85.8 Å². The highest BCUT2D eigenvalue weighted by Crippen LogP contribution is 2.15. The number of aromatic nitrogens is 3. The summed E-state index contributed by atoms with van der Waals surface area (Å²) in [6.45, 7) is 0.947. The molecular weight excluding hydrogens is 262 g/mol. The Morgan fingerprint density at radius 1 is 1.58 bits per heavy atom. The molecule has 2 rings (SSSR count). The molecule has 0 aliphatic carbocycles. The van der Waals surface area contributed by atoms with Crippen molar-refractivity contribution in [3.05, 3.63) is 34.5 Å². The summed E-state index contributed by atoms with van der Waals surface area (Å²) in [6, 6.07) is 1.92. The first-order chi connectivity index (χ1) is 9.29. The molecule has 0 saturated heterocycles. The predicted octanol–water partition coefficient (Wildman–Crippen LogP) is -0.0338. The molecule has 98 valence electrons. The van der Waals surface area contributed by atoms with Crippen LogP contribution in [-0.4, -0.2) is 27.2 Å². The number of nitrogens with zero attached hydrogens (tertiary/aromatic N) is 3. The molecule has 2 aromatic heterocycles. The minimum atomic E-state index is -0.114. The van der Waals surface area contributed by atoms with Gasteiger partial charge in [-0.1, -0.05) is 11.8 Å². The van der Waals surface area contributed by atoms with Gasteiger partial charge in [-0.05, 0) is 11.4 Å². The molecule has 2 aromatic rings. The van der Waals surface area contributed by atoms with Crippen LogP contribution in [-0.2, 0) is 17.9 Å². The Morgan fingerprint density at radius 3 is 3.21 bits per heavy atom. The molecular formula is C12H13N5OS. The van der Waals surface area contributed by atoms with Gasteiger partial charge >= 0.3 is 0 Å². The highest BCUT2D eigenvalue weighted by atomic mass is 32.1. The van der Waals surface area contributed by atoms with E-state index in [1.807, 2.05) is 11.4 Å². The number of carbonyl (C=O) groups excluding carboxylic acids is 1. The lowest BCUT2D eigenvalue weighted by atomic mass is 10.2. The van der Waals surface area contributed by atoms with Crippen LogP contribution in [0.5, 0.6) is 0 Å². The summed E-state index contributed by atoms with van der Waals surface area (Å²) in [4.78, 5) is 16.5. The molecule has 0 saturated carbocycles. The minimum Gasteiger partial charge on any atom is -0.350 e. The monoisotopic (exact) mass is 275 g/mol. The number of hydrogen-bond donors (Lipinski definition) is 2. The lowest BCUT2D eigenvalue weighted by Crippen LogP contribution is -2.27. The fourth-order valence-corrected chi connectivity index (χ4v) is 2.20. The average Bonchev–Trinajstić information content (AvgIpc) is 3.05. The Kier molecular flexibility index (Phi) is 4.66. The van der Waals surface area contributed by atoms with Crippen molar-refractivity contribution < 1.29 is 4.79 Å². The maximum absolute atomic E-state index is 11.7. The average molecular weight is 275 g/mol. The molecule has 0 aliphatic rings. The second kappa shape index (κ2) is 6.68. The second-order valence-corrected chi connectivity index (χ2v) is 4.63. The predicted molar refractivity (Wildman–Crippen MR) is 72.1 cm³/mol. The molecule has 0 aromatic carbocycles. The maximum atomic E-state index is 11.7. The van der Waals surface area contributed by atoms with Crippen molar-refractivity contribution in [3.63, 3.8) is 0 Å². The SMILES string of the molecule is NCC#Cc1ccsc1CNC(=O)Cn1cncn1. The highest BCUT2D eigenvalue weighted by molar-refractivity contribution is 7.10. The Hall–Kier alpha value is -2.17. The van der Waals surface area contributed by atoms with E-state index in [0.717, 1.165) is 10.4 Å². The van der Waals surface area contributed by atoms with Crippen LogP contribution in [0.2, 0.25) is 0 Å². The van der Waals surface area contributed by atoms with E-state index in [2.05, 4.69) is 27.2 Å². The van der Waals surface area contributed by atoms with Gasteiger partial charge in [0.05, 0.1) is 13.1 Å². The number of hydrogen-bond acceptors (Lipinski definition) is 5. The van der Waals surface area contributed by atoms with E-state index in [-0.39, 0.29) is 12.5 Å². The van der Waals surface area contributed by atoms with Gasteiger partial charge in [0.2, 0.25) is 5.91 Å². The fourth-order valence-electron chi connectivity index (χ4n) is 1.43. The van der Waals surface area contributed by atoms with Crippen LogP contribution >= 0.6 is 11.3 Å². The lowest BCUT2D eigenvalue weighted by molar-refractivity contribution is -0.122. The first-order valence-electron chi connectivity index (χ1n) is 5.64. The van der Waals surface area contributed by atoms with Crippen LogP contribution in [0.25, 0.3) is 0 Å². The molecule has 0 aliphatic heterocycles. The summed E-state index contributed by atoms with van der Waals surface area (Å²) in [5, 5.41) is 8.64. The van der Waals surface area contributed by atoms with Crippen molar-refractivity contribution in [2.75, 3.05) is 6.54 Å². The van der Waals surface area contributed by atoms with Crippen molar-refractivity contribution in [1.82, 2.24) is 20.1 Å². The maximum Gasteiger partial charge on any atom is 0.242 e. The molecule has 3 N–H and O–H groups in total. The van der Waals surface area contributed by atoms with Crippen LogP contribution < -0.4 is 11.1 Å². The van der Waals surface area contributed by atoms with E-state index in [1.54, 1.807) is 11.3 Å². The first-order valence-corrected chi connectivity index (χ1v) is 6.52. The van der Waals surface area contributed by atoms with Crippen LogP contribution in [0.1, 0.15) is 10.4 Å². The van der Waals surface area contributed by atoms with Crippen LogP contribution in [0, 0.1) is 11.8 Å². The van der Waals surface area contributed by atoms with Gasteiger partial charge in [-0.15, -0.1) is 11.3 Å². The normalized spacial score (nSPS) is 9.74. The molecule has 0 bridgehead atoms. The van der Waals surface area contributed by atoms with E-state index in [4.69, 9.17) is 5.73 Å². The number of thiophene rings is 1. The number of carbonyl (C=O) groups is 1. The van der Waals surface area contributed by atoms with Gasteiger partial charge in [-0.2, -0.15) is 5.10 Å². The summed E-state index contributed by atoms with van der Waals surface area (Å²) in [5.74, 6) is 5.67. The second-order valence-electron chi connectivity index (χ2n) is 3.63. The van der Waals surface area contributed by atoms with Gasteiger partial charge in [0, 0.05) is 10.4 Å². The summed E-state index contributed by atoms with van der Waals surface area (Å²) in [7, 11) is 0. The van der Waals surface area contributed by atoms with Crippen LogP contribution in [0.3, 0.4) is 0 Å². The number of rotatable bonds is 4. The molecule has 6 nitrogen and oxygen atoms in total. The van der Waals surface area contributed by atoms with Crippen molar-refractivity contribution in [1.29, 1.82) is 0 Å². The zero-order valence-corrected chi connectivity index (χ0v) is 11.0. The van der Waals surface area contributed by atoms with Crippen molar-refractivity contribution in [3.8, 4) is 11.8 Å². The van der Waals surface area contributed by atoms with E-state index in [0.29, 0.717) is 13.1 Å². The highest BCUT2D eigenvalue weighted by Gasteiger charge is 2.06. The Morgan fingerprint density at radius 2 is 2.47 bits per heavy atom. The third-order valence-corrected chi connectivity index (χ3v) is 3.21. The summed E-state index contributed by atoms with van der Waals surface area (Å²) in [5.41, 5.74) is 6.25. The molecule has 0 fully saturated rings. The molecule has 7 heteroatoms. The van der Waals surface area contributed by atoms with Crippen LogP contribution in [0.15, 0.2) is 24.1 Å². The molecule has 0 atom stereocenters. The third kappa shape index (κ3) is 3.91. The van der Waals surface area contributed by atoms with E-state index >= 15 is 0 Å². The summed E-state index contributed by atoms with van der Waals surface area (Å²) >= 11 is 1.56. The Balaban J connectivity index is 1.88. The van der Waals surface area contributed by atoms with Gasteiger partial charge < -0.3 is 11.1 Å². The quantitative estimate of drug-likeness (QED) is 0.767. The Labute approximate surface area is 114 Å². The third-order valence-electron chi connectivity index (χ3n) is 2.29. The van der Waals surface area contributed by atoms with Gasteiger partial charge in [0.15, 0.2) is 0 Å². The minimum absolute atomic E-state index is 0.114. The fraction of sp³-hybridized carbons (Fsp3) is 0.250. The van der Waals surface area contributed by atoms with Gasteiger partial charge in [-0.3, -0.25) is 4.79 Å². The standard InChI is InChI=1S/C12H13N5OS/c13-4-1-2-10-3-5-19-11(10)6-15-12(18)7-17-9-14-8-16-17/h3,5,8-9H,4,6-7,13H2,(H,15,18). The number of nitrogens with one attached hydrogen (secondary N) is 1. The van der Waals surface area contributed by atoms with Crippen LogP contribution in [0.4, 0.5) is 0 Å². The molecule has 0 radical (unpaired) electrons. The van der Waals surface area contributed by atoms with Gasteiger partial charge in [0.25, 0.3) is 0 Å². The van der Waals surface area contributed by atoms with E-state index in [1.165, 1.54) is 17.3 Å². The lowest BCUT2D eigenvalue weighted by Gasteiger charge is -2.04. The molecule has 2 heterocycles. The zero-order valence-electron chi connectivity index (χ0n) is 10.2. The smallest absolute Gasteiger partial charge is 0.242 e. The molecule has 19 heavy (non-hydrogen) atoms. The largest absolute Gasteiger partial charge is 0.350 e. The van der Waals surface area contributed by atoms with Crippen molar-refractivity contribution >= 4 is 17.2 Å². The number of nitrogens with two attached hydrogens (primary N) is 1. The molecule has 0 unspecified atom stereocenters. The van der Waals surface area contributed by atoms with Gasteiger partial charge in [-0.25, -0.2) is 9.67 Å². The summed E-state index contributed by atoms with van der Waals surface area (Å²) in [6.07, 6.45) is 2.90. The zero-order chi connectivity index (χ0) is 13.5.